The van der Waals surface area contributed by atoms with Crippen LogP contribution in [0.25, 0.3) is 0 Å². The van der Waals surface area contributed by atoms with Gasteiger partial charge in [-0.2, -0.15) is 0 Å². The molecule has 5 fully saturated rings. The lowest BCUT2D eigenvalue weighted by molar-refractivity contribution is -0.216. The third-order valence-electron chi connectivity index (χ3n) is 6.86. The van der Waals surface area contributed by atoms with Crippen LogP contribution >= 0.6 is 0 Å². The van der Waals surface area contributed by atoms with E-state index in [-0.39, 0.29) is 47.9 Å². The van der Waals surface area contributed by atoms with Crippen molar-refractivity contribution in [3.8, 4) is 0 Å². The van der Waals surface area contributed by atoms with E-state index in [2.05, 4.69) is 0 Å². The number of ether oxygens (including phenoxy) is 5. The van der Waals surface area contributed by atoms with Crippen LogP contribution in [0, 0.1) is 0 Å². The van der Waals surface area contributed by atoms with Gasteiger partial charge in [-0.05, 0) is 25.7 Å². The highest BCUT2D eigenvalue weighted by Gasteiger charge is 2.65. The lowest BCUT2D eigenvalue weighted by atomic mass is 9.76. The van der Waals surface area contributed by atoms with E-state index in [1.54, 1.807) is 0 Å². The number of fused-ring (bicyclic) bond motifs is 3. The molecule has 6 atom stereocenters. The molecular weight excluding hydrogens is 324 g/mol. The summed E-state index contributed by atoms with van der Waals surface area (Å²) in [5.74, 6) is -0.584. The van der Waals surface area contributed by atoms with Gasteiger partial charge in [0.25, 0.3) is 0 Å². The van der Waals surface area contributed by atoms with Crippen molar-refractivity contribution in [2.75, 3.05) is 7.11 Å². The first kappa shape index (κ1) is 16.5. The number of esters is 1. The Morgan fingerprint density at radius 3 is 2.64 bits per heavy atom. The molecule has 25 heavy (non-hydrogen) atoms. The van der Waals surface area contributed by atoms with E-state index in [0.717, 1.165) is 38.5 Å². The summed E-state index contributed by atoms with van der Waals surface area (Å²) in [6, 6.07) is 0. The number of rotatable bonds is 2. The van der Waals surface area contributed by atoms with Crippen molar-refractivity contribution < 1.29 is 28.5 Å². The van der Waals surface area contributed by atoms with E-state index in [1.165, 1.54) is 26.4 Å². The second kappa shape index (κ2) is 5.91. The van der Waals surface area contributed by atoms with Gasteiger partial charge in [0.2, 0.25) is 0 Å². The molecule has 3 aliphatic heterocycles. The van der Waals surface area contributed by atoms with Crippen LogP contribution in [0.5, 0.6) is 0 Å². The molecule has 6 nitrogen and oxygen atoms in total. The van der Waals surface area contributed by atoms with E-state index in [0.29, 0.717) is 6.42 Å². The Morgan fingerprint density at radius 2 is 1.84 bits per heavy atom. The maximum atomic E-state index is 11.6. The monoisotopic (exact) mass is 352 g/mol. The van der Waals surface area contributed by atoms with Crippen molar-refractivity contribution in [3.05, 3.63) is 0 Å². The van der Waals surface area contributed by atoms with Gasteiger partial charge in [0.1, 0.15) is 6.10 Å². The number of hydrogen-bond acceptors (Lipinski definition) is 6. The topological polar surface area (TPSA) is 63.2 Å². The van der Waals surface area contributed by atoms with Crippen LogP contribution < -0.4 is 0 Å². The predicted molar refractivity (Wildman–Crippen MR) is 86.9 cm³/mol. The molecule has 3 heterocycles. The molecule has 0 amide bonds. The van der Waals surface area contributed by atoms with Crippen LogP contribution in [-0.4, -0.2) is 55.0 Å². The third kappa shape index (κ3) is 2.64. The molecule has 2 saturated carbocycles. The second-order valence-electron chi connectivity index (χ2n) is 8.44. The standard InChI is InChI=1S/C19H28O6/c1-21-16(20)9-12-5-6-15-18(23-12)10-13(22-15)17-14(11-18)24-19(25-17)7-3-2-4-8-19/h12-15,17H,2-11H2,1H3/t12?,13-,14?,15?,17+,18?/m1/s1. The van der Waals surface area contributed by atoms with Gasteiger partial charge >= 0.3 is 5.97 Å². The van der Waals surface area contributed by atoms with Crippen LogP contribution in [0.1, 0.15) is 64.2 Å². The van der Waals surface area contributed by atoms with E-state index in [9.17, 15) is 4.79 Å². The average Bonchev–Trinajstić information content (AvgIpc) is 3.11. The molecule has 0 aromatic heterocycles. The summed E-state index contributed by atoms with van der Waals surface area (Å²) in [5.41, 5.74) is -0.313. The first-order valence-electron chi connectivity index (χ1n) is 9.87. The van der Waals surface area contributed by atoms with E-state index in [1.807, 2.05) is 0 Å². The van der Waals surface area contributed by atoms with E-state index >= 15 is 0 Å². The lowest BCUT2D eigenvalue weighted by Crippen LogP contribution is -2.54. The smallest absolute Gasteiger partial charge is 0.308 e. The van der Waals surface area contributed by atoms with Gasteiger partial charge in [-0.15, -0.1) is 0 Å². The molecule has 0 N–H and O–H groups in total. The minimum absolute atomic E-state index is 0.0389. The summed E-state index contributed by atoms with van der Waals surface area (Å²) >= 11 is 0. The quantitative estimate of drug-likeness (QED) is 0.712. The molecule has 4 unspecified atom stereocenters. The van der Waals surface area contributed by atoms with Crippen molar-refractivity contribution in [1.82, 2.24) is 0 Å². The molecule has 2 spiro atoms. The van der Waals surface area contributed by atoms with Crippen LogP contribution in [0.4, 0.5) is 0 Å². The first-order chi connectivity index (χ1) is 12.1. The molecule has 140 valence electrons. The molecule has 0 aromatic rings. The minimum Gasteiger partial charge on any atom is -0.469 e. The zero-order valence-electron chi connectivity index (χ0n) is 14.9. The van der Waals surface area contributed by atoms with Gasteiger partial charge in [0.15, 0.2) is 5.79 Å². The van der Waals surface area contributed by atoms with Crippen LogP contribution in [0.3, 0.4) is 0 Å². The summed E-state index contributed by atoms with van der Waals surface area (Å²) in [7, 11) is 1.43. The van der Waals surface area contributed by atoms with Crippen molar-refractivity contribution in [3.63, 3.8) is 0 Å². The second-order valence-corrected chi connectivity index (χ2v) is 8.44. The number of carbonyl (C=O) groups is 1. The molecule has 0 radical (unpaired) electrons. The van der Waals surface area contributed by atoms with Crippen molar-refractivity contribution in [2.24, 2.45) is 0 Å². The summed E-state index contributed by atoms with van der Waals surface area (Å²) in [5, 5.41) is 0. The van der Waals surface area contributed by atoms with Gasteiger partial charge in [-0.3, -0.25) is 4.79 Å². The Hall–Kier alpha value is -0.690. The fourth-order valence-electron chi connectivity index (χ4n) is 5.74. The van der Waals surface area contributed by atoms with Gasteiger partial charge in [-0.25, -0.2) is 0 Å². The predicted octanol–water partition coefficient (Wildman–Crippen LogP) is 2.47. The summed E-state index contributed by atoms with van der Waals surface area (Å²) in [6.45, 7) is 0. The Balaban J connectivity index is 1.33. The van der Waals surface area contributed by atoms with Gasteiger partial charge in [-0.1, -0.05) is 6.42 Å². The summed E-state index contributed by atoms with van der Waals surface area (Å²) in [6.07, 6.45) is 9.57. The number of methoxy groups -OCH3 is 1. The normalized spacial score (nSPS) is 47.3. The Morgan fingerprint density at radius 1 is 1.04 bits per heavy atom. The molecule has 3 saturated heterocycles. The highest BCUT2D eigenvalue weighted by atomic mass is 16.8. The van der Waals surface area contributed by atoms with Crippen molar-refractivity contribution >= 4 is 5.97 Å². The third-order valence-corrected chi connectivity index (χ3v) is 6.86. The van der Waals surface area contributed by atoms with Crippen molar-refractivity contribution in [2.45, 2.75) is 106 Å². The Labute approximate surface area is 148 Å². The molecule has 5 aliphatic rings. The molecule has 2 bridgehead atoms. The average molecular weight is 352 g/mol. The van der Waals surface area contributed by atoms with E-state index < -0.39 is 0 Å². The molecule has 5 rings (SSSR count). The summed E-state index contributed by atoms with van der Waals surface area (Å²) in [4.78, 5) is 11.6. The SMILES string of the molecule is COC(=O)CC1CCC2O[C@@H]3CC2(CC2OC4(CCCCC4)O[C@H]23)O1. The van der Waals surface area contributed by atoms with Gasteiger partial charge in [0, 0.05) is 25.7 Å². The molecular formula is C19H28O6. The minimum atomic E-state index is -0.381. The highest BCUT2D eigenvalue weighted by molar-refractivity contribution is 5.69. The van der Waals surface area contributed by atoms with Crippen LogP contribution in [0.15, 0.2) is 0 Å². The van der Waals surface area contributed by atoms with Crippen molar-refractivity contribution in [1.29, 1.82) is 0 Å². The van der Waals surface area contributed by atoms with Crippen LogP contribution in [0.2, 0.25) is 0 Å². The maximum Gasteiger partial charge on any atom is 0.308 e. The zero-order valence-corrected chi connectivity index (χ0v) is 14.9. The Bertz CT molecular complexity index is 544. The van der Waals surface area contributed by atoms with Gasteiger partial charge < -0.3 is 23.7 Å². The Kier molecular flexibility index (Phi) is 3.90. The fraction of sp³-hybridized carbons (Fsp3) is 0.947. The van der Waals surface area contributed by atoms with Crippen LogP contribution in [-0.2, 0) is 28.5 Å². The lowest BCUT2D eigenvalue weighted by Gasteiger charge is -2.44. The fourth-order valence-corrected chi connectivity index (χ4v) is 5.74. The molecule has 2 aliphatic carbocycles. The number of carbonyl (C=O) groups excluding carboxylic acids is 1. The van der Waals surface area contributed by atoms with Gasteiger partial charge in [0.05, 0.1) is 43.5 Å². The zero-order chi connectivity index (χ0) is 17.1. The van der Waals surface area contributed by atoms with E-state index in [4.69, 9.17) is 23.7 Å². The maximum absolute atomic E-state index is 11.6. The largest absolute Gasteiger partial charge is 0.469 e. The number of hydrogen-bond donors (Lipinski definition) is 0. The molecule has 0 aromatic carbocycles. The summed E-state index contributed by atoms with van der Waals surface area (Å²) < 4.78 is 30.6. The highest BCUT2D eigenvalue weighted by Crippen LogP contribution is 2.55. The molecule has 6 heteroatoms. The first-order valence-corrected chi connectivity index (χ1v) is 9.87.